The quantitative estimate of drug-likeness (QED) is 0.750. The highest BCUT2D eigenvalue weighted by atomic mass is 19.1. The molecule has 2 aromatic heterocycles. The van der Waals surface area contributed by atoms with Gasteiger partial charge in [-0.3, -0.25) is 19.9 Å². The summed E-state index contributed by atoms with van der Waals surface area (Å²) in [6.45, 7) is 4.09. The lowest BCUT2D eigenvalue weighted by molar-refractivity contribution is 0.627. The molecule has 0 saturated carbocycles. The zero-order valence-corrected chi connectivity index (χ0v) is 13.5. The standard InChI is InChI=1S/C18H17FN4O/c1-12(21-11-14-4-3-9-20-10-14)17-13(2)22-23(18(17)24)16-7-5-15(19)6-8-16/h3-10,22H,11H2,1-2H3. The molecule has 0 aliphatic rings. The fourth-order valence-electron chi connectivity index (χ4n) is 2.53. The normalized spacial score (nSPS) is 11.7. The number of benzene rings is 1. The molecule has 3 rings (SSSR count). The van der Waals surface area contributed by atoms with Crippen molar-refractivity contribution in [2.24, 2.45) is 4.99 Å². The van der Waals surface area contributed by atoms with Gasteiger partial charge >= 0.3 is 0 Å². The van der Waals surface area contributed by atoms with Gasteiger partial charge in [-0.2, -0.15) is 0 Å². The van der Waals surface area contributed by atoms with Crippen LogP contribution in [0.15, 0.2) is 58.6 Å². The predicted octanol–water partition coefficient (Wildman–Crippen LogP) is 3.02. The number of nitrogens with zero attached hydrogens (tertiary/aromatic N) is 3. The van der Waals surface area contributed by atoms with E-state index < -0.39 is 0 Å². The molecular weight excluding hydrogens is 307 g/mol. The third kappa shape index (κ3) is 3.17. The Morgan fingerprint density at radius 3 is 2.71 bits per heavy atom. The summed E-state index contributed by atoms with van der Waals surface area (Å²) < 4.78 is 14.5. The second-order valence-electron chi connectivity index (χ2n) is 5.49. The first-order valence-electron chi connectivity index (χ1n) is 7.54. The van der Waals surface area contributed by atoms with E-state index in [0.717, 1.165) is 11.3 Å². The minimum atomic E-state index is -0.343. The van der Waals surface area contributed by atoms with Gasteiger partial charge in [-0.15, -0.1) is 0 Å². The number of H-pyrrole nitrogens is 1. The number of aliphatic imine (C=N–C) groups is 1. The molecule has 0 radical (unpaired) electrons. The zero-order valence-electron chi connectivity index (χ0n) is 13.5. The number of aromatic amines is 1. The number of pyridine rings is 1. The lowest BCUT2D eigenvalue weighted by atomic mass is 10.1. The van der Waals surface area contributed by atoms with E-state index in [1.807, 2.05) is 26.0 Å². The van der Waals surface area contributed by atoms with E-state index in [9.17, 15) is 9.18 Å². The summed E-state index contributed by atoms with van der Waals surface area (Å²) in [6.07, 6.45) is 3.45. The third-order valence-corrected chi connectivity index (χ3v) is 3.74. The van der Waals surface area contributed by atoms with Gasteiger partial charge in [0, 0.05) is 23.8 Å². The van der Waals surface area contributed by atoms with Crippen molar-refractivity contribution in [2.45, 2.75) is 20.4 Å². The first-order valence-corrected chi connectivity index (χ1v) is 7.54. The van der Waals surface area contributed by atoms with Crippen molar-refractivity contribution < 1.29 is 4.39 Å². The maximum Gasteiger partial charge on any atom is 0.280 e. The van der Waals surface area contributed by atoms with Gasteiger partial charge in [0.25, 0.3) is 5.56 Å². The van der Waals surface area contributed by atoms with Crippen molar-refractivity contribution in [1.29, 1.82) is 0 Å². The SMILES string of the molecule is CC(=NCc1cccnc1)c1c(C)[nH]n(-c2ccc(F)cc2)c1=O. The van der Waals surface area contributed by atoms with E-state index in [1.54, 1.807) is 24.5 Å². The largest absolute Gasteiger partial charge is 0.295 e. The molecule has 1 N–H and O–H groups in total. The predicted molar refractivity (Wildman–Crippen MR) is 91.2 cm³/mol. The van der Waals surface area contributed by atoms with Crippen LogP contribution in [0.25, 0.3) is 5.69 Å². The highest BCUT2D eigenvalue weighted by Gasteiger charge is 2.14. The van der Waals surface area contributed by atoms with Crippen LogP contribution in [0.2, 0.25) is 0 Å². The maximum absolute atomic E-state index is 13.1. The van der Waals surface area contributed by atoms with E-state index in [-0.39, 0.29) is 11.4 Å². The average molecular weight is 324 g/mol. The molecule has 5 nitrogen and oxygen atoms in total. The Hall–Kier alpha value is -3.02. The second-order valence-corrected chi connectivity index (χ2v) is 5.49. The summed E-state index contributed by atoms with van der Waals surface area (Å²) in [4.78, 5) is 21.2. The molecule has 0 fully saturated rings. The number of hydrogen-bond acceptors (Lipinski definition) is 3. The van der Waals surface area contributed by atoms with Gasteiger partial charge in [0.2, 0.25) is 0 Å². The molecule has 3 aromatic rings. The summed E-state index contributed by atoms with van der Waals surface area (Å²) >= 11 is 0. The second kappa shape index (κ2) is 6.62. The number of hydrogen-bond donors (Lipinski definition) is 1. The molecule has 0 aliphatic carbocycles. The number of nitrogens with one attached hydrogen (secondary N) is 1. The Morgan fingerprint density at radius 2 is 2.04 bits per heavy atom. The molecular formula is C18H17FN4O. The summed E-state index contributed by atoms with van der Waals surface area (Å²) in [5, 5.41) is 3.02. The molecule has 0 aliphatic heterocycles. The van der Waals surface area contributed by atoms with Crippen LogP contribution < -0.4 is 5.56 Å². The van der Waals surface area contributed by atoms with Crippen LogP contribution in [0.3, 0.4) is 0 Å². The molecule has 0 spiro atoms. The van der Waals surface area contributed by atoms with Gasteiger partial charge in [-0.05, 0) is 49.7 Å². The van der Waals surface area contributed by atoms with Gasteiger partial charge in [-0.25, -0.2) is 9.07 Å². The van der Waals surface area contributed by atoms with Crippen molar-refractivity contribution in [3.63, 3.8) is 0 Å². The monoisotopic (exact) mass is 324 g/mol. The topological polar surface area (TPSA) is 63.0 Å². The fraction of sp³-hybridized carbons (Fsp3) is 0.167. The van der Waals surface area contributed by atoms with E-state index >= 15 is 0 Å². The lowest BCUT2D eigenvalue weighted by Crippen LogP contribution is -2.19. The first-order chi connectivity index (χ1) is 11.6. The molecule has 1 aromatic carbocycles. The molecule has 0 atom stereocenters. The van der Waals surface area contributed by atoms with Crippen molar-refractivity contribution in [2.75, 3.05) is 0 Å². The Balaban J connectivity index is 1.94. The molecule has 2 heterocycles. The van der Waals surface area contributed by atoms with Crippen molar-refractivity contribution in [1.82, 2.24) is 14.8 Å². The van der Waals surface area contributed by atoms with Gasteiger partial charge in [0.1, 0.15) is 5.82 Å². The maximum atomic E-state index is 13.1. The summed E-state index contributed by atoms with van der Waals surface area (Å²) in [6, 6.07) is 9.53. The van der Waals surface area contributed by atoms with Crippen LogP contribution >= 0.6 is 0 Å². The minimum absolute atomic E-state index is 0.202. The number of aromatic nitrogens is 3. The zero-order chi connectivity index (χ0) is 17.1. The van der Waals surface area contributed by atoms with E-state index in [4.69, 9.17) is 0 Å². The highest BCUT2D eigenvalue weighted by molar-refractivity contribution is 5.99. The van der Waals surface area contributed by atoms with Crippen LogP contribution in [0.5, 0.6) is 0 Å². The lowest BCUT2D eigenvalue weighted by Gasteiger charge is -2.00. The van der Waals surface area contributed by atoms with Crippen molar-refractivity contribution in [3.8, 4) is 5.69 Å². The molecule has 122 valence electrons. The van der Waals surface area contributed by atoms with Crippen LogP contribution in [-0.2, 0) is 6.54 Å². The molecule has 0 unspecified atom stereocenters. The number of halogens is 1. The Labute approximate surface area is 138 Å². The Kier molecular flexibility index (Phi) is 4.37. The van der Waals surface area contributed by atoms with Gasteiger partial charge < -0.3 is 0 Å². The van der Waals surface area contributed by atoms with Crippen LogP contribution in [-0.4, -0.2) is 20.5 Å². The van der Waals surface area contributed by atoms with Gasteiger partial charge in [0.05, 0.1) is 17.8 Å². The molecule has 0 bridgehead atoms. The van der Waals surface area contributed by atoms with Crippen LogP contribution in [0, 0.1) is 12.7 Å². The highest BCUT2D eigenvalue weighted by Crippen LogP contribution is 2.10. The Bertz CT molecular complexity index is 924. The first kappa shape index (κ1) is 15.9. The van der Waals surface area contributed by atoms with E-state index in [2.05, 4.69) is 15.1 Å². The molecule has 0 amide bonds. The average Bonchev–Trinajstić information content (AvgIpc) is 2.89. The number of rotatable bonds is 4. The van der Waals surface area contributed by atoms with Crippen molar-refractivity contribution >= 4 is 5.71 Å². The summed E-state index contributed by atoms with van der Waals surface area (Å²) in [5.41, 5.74) is 3.25. The smallest absolute Gasteiger partial charge is 0.280 e. The van der Waals surface area contributed by atoms with E-state index in [0.29, 0.717) is 23.5 Å². The minimum Gasteiger partial charge on any atom is -0.295 e. The number of aryl methyl sites for hydroxylation is 1. The van der Waals surface area contributed by atoms with Crippen molar-refractivity contribution in [3.05, 3.63) is 81.8 Å². The molecule has 0 saturated heterocycles. The summed E-state index contributed by atoms with van der Waals surface area (Å²) in [7, 11) is 0. The van der Waals surface area contributed by atoms with Gasteiger partial charge in [0.15, 0.2) is 0 Å². The fourth-order valence-corrected chi connectivity index (χ4v) is 2.53. The van der Waals surface area contributed by atoms with E-state index in [1.165, 1.54) is 16.8 Å². The molecule has 24 heavy (non-hydrogen) atoms. The Morgan fingerprint density at radius 1 is 1.29 bits per heavy atom. The molecule has 6 heteroatoms. The third-order valence-electron chi connectivity index (χ3n) is 3.74. The van der Waals surface area contributed by atoms with Gasteiger partial charge in [-0.1, -0.05) is 6.07 Å². The van der Waals surface area contributed by atoms with Crippen LogP contribution in [0.1, 0.15) is 23.7 Å². The van der Waals surface area contributed by atoms with Crippen LogP contribution in [0.4, 0.5) is 4.39 Å². The summed E-state index contributed by atoms with van der Waals surface area (Å²) in [5.74, 6) is -0.343.